The van der Waals surface area contributed by atoms with E-state index in [9.17, 15) is 4.79 Å². The molecule has 0 heterocycles. The number of rotatable bonds is 0. The quantitative estimate of drug-likeness (QED) is 0.515. The second-order valence-electron chi connectivity index (χ2n) is 3.29. The van der Waals surface area contributed by atoms with Crippen molar-refractivity contribution in [2.45, 2.75) is 32.1 Å². The van der Waals surface area contributed by atoms with Crippen molar-refractivity contribution in [3.05, 3.63) is 23.3 Å². The van der Waals surface area contributed by atoms with Crippen LogP contribution in [0.3, 0.4) is 0 Å². The predicted octanol–water partition coefficient (Wildman–Crippen LogP) is 2.39. The van der Waals surface area contributed by atoms with E-state index in [2.05, 4.69) is 12.2 Å². The molecule has 0 aromatic rings. The van der Waals surface area contributed by atoms with Crippen LogP contribution in [0.1, 0.15) is 32.1 Å². The lowest BCUT2D eigenvalue weighted by atomic mass is 9.85. The highest BCUT2D eigenvalue weighted by Crippen LogP contribution is 2.29. The van der Waals surface area contributed by atoms with Gasteiger partial charge in [-0.1, -0.05) is 17.7 Å². The van der Waals surface area contributed by atoms with E-state index in [-0.39, 0.29) is 0 Å². The van der Waals surface area contributed by atoms with Crippen LogP contribution < -0.4 is 0 Å². The van der Waals surface area contributed by atoms with E-state index in [1.54, 1.807) is 0 Å². The summed E-state index contributed by atoms with van der Waals surface area (Å²) in [5.41, 5.74) is 2.85. The average Bonchev–Trinajstić information content (AvgIpc) is 2.04. The Morgan fingerprint density at radius 1 is 1.18 bits per heavy atom. The van der Waals surface area contributed by atoms with Crippen LogP contribution in [0.5, 0.6) is 0 Å². The van der Waals surface area contributed by atoms with Crippen molar-refractivity contribution in [1.82, 2.24) is 0 Å². The van der Waals surface area contributed by atoms with E-state index in [4.69, 9.17) is 0 Å². The third-order valence-electron chi connectivity index (χ3n) is 2.48. The van der Waals surface area contributed by atoms with E-state index < -0.39 is 0 Å². The summed E-state index contributed by atoms with van der Waals surface area (Å²) in [6.07, 6.45) is 9.19. The molecule has 11 heavy (non-hydrogen) atoms. The number of carbonyl (C=O) groups is 1. The maximum Gasteiger partial charge on any atom is 0.137 e. The van der Waals surface area contributed by atoms with Crippen molar-refractivity contribution in [3.8, 4) is 0 Å². The number of hydrogen-bond donors (Lipinski definition) is 0. The van der Waals surface area contributed by atoms with Crippen molar-refractivity contribution in [2.24, 2.45) is 0 Å². The standard InChI is InChI=1S/C10H12O/c11-10-6-5-8-3-1-2-4-9(8)7-10/h2,4H,1,3,5-7H2. The Morgan fingerprint density at radius 2 is 2.09 bits per heavy atom. The highest BCUT2D eigenvalue weighted by molar-refractivity contribution is 5.83. The molecule has 2 aliphatic rings. The molecule has 0 spiro atoms. The summed E-state index contributed by atoms with van der Waals surface area (Å²) in [6.45, 7) is 0. The van der Waals surface area contributed by atoms with E-state index in [0.717, 1.165) is 12.8 Å². The van der Waals surface area contributed by atoms with Gasteiger partial charge in [-0.25, -0.2) is 0 Å². The van der Waals surface area contributed by atoms with Crippen molar-refractivity contribution >= 4 is 5.78 Å². The molecule has 0 saturated carbocycles. The molecule has 0 fully saturated rings. The summed E-state index contributed by atoms with van der Waals surface area (Å²) in [4.78, 5) is 11.0. The van der Waals surface area contributed by atoms with Gasteiger partial charge in [-0.2, -0.15) is 0 Å². The average molecular weight is 148 g/mol. The molecule has 0 N–H and O–H groups in total. The minimum absolute atomic E-state index is 0.412. The molecule has 1 heteroatoms. The lowest BCUT2D eigenvalue weighted by Crippen LogP contribution is -2.10. The van der Waals surface area contributed by atoms with Gasteiger partial charge in [0.1, 0.15) is 5.78 Å². The molecule has 1 nitrogen and oxygen atoms in total. The van der Waals surface area contributed by atoms with Crippen molar-refractivity contribution in [1.29, 1.82) is 0 Å². The fourth-order valence-corrected chi connectivity index (χ4v) is 1.82. The largest absolute Gasteiger partial charge is 0.299 e. The van der Waals surface area contributed by atoms with Crippen molar-refractivity contribution in [2.75, 3.05) is 0 Å². The van der Waals surface area contributed by atoms with Gasteiger partial charge in [0.25, 0.3) is 0 Å². The maximum atomic E-state index is 11.0. The molecule has 0 atom stereocenters. The molecule has 0 bridgehead atoms. The second kappa shape index (κ2) is 2.65. The van der Waals surface area contributed by atoms with Gasteiger partial charge in [0.05, 0.1) is 0 Å². The molecule has 0 radical (unpaired) electrons. The first-order valence-corrected chi connectivity index (χ1v) is 4.25. The Kier molecular flexibility index (Phi) is 1.65. The van der Waals surface area contributed by atoms with Crippen LogP contribution in [0.25, 0.3) is 0 Å². The van der Waals surface area contributed by atoms with Crippen molar-refractivity contribution in [3.63, 3.8) is 0 Å². The normalized spacial score (nSPS) is 23.8. The molecule has 2 rings (SSSR count). The first-order valence-electron chi connectivity index (χ1n) is 4.25. The first-order chi connectivity index (χ1) is 5.36. The second-order valence-corrected chi connectivity index (χ2v) is 3.29. The minimum atomic E-state index is 0.412. The van der Waals surface area contributed by atoms with Gasteiger partial charge in [-0.15, -0.1) is 0 Å². The lowest BCUT2D eigenvalue weighted by Gasteiger charge is -2.19. The molecule has 2 aliphatic carbocycles. The van der Waals surface area contributed by atoms with Gasteiger partial charge in [0, 0.05) is 12.8 Å². The summed E-state index contributed by atoms with van der Waals surface area (Å²) in [7, 11) is 0. The summed E-state index contributed by atoms with van der Waals surface area (Å²) < 4.78 is 0. The van der Waals surface area contributed by atoms with Gasteiger partial charge in [-0.3, -0.25) is 4.79 Å². The Morgan fingerprint density at radius 3 is 3.00 bits per heavy atom. The molecule has 0 amide bonds. The van der Waals surface area contributed by atoms with Crippen LogP contribution in [0.15, 0.2) is 23.3 Å². The number of ketones is 1. The predicted molar refractivity (Wildman–Crippen MR) is 44.3 cm³/mol. The third kappa shape index (κ3) is 1.28. The summed E-state index contributed by atoms with van der Waals surface area (Å²) >= 11 is 0. The van der Waals surface area contributed by atoms with Crippen LogP contribution in [-0.2, 0) is 4.79 Å². The maximum absolute atomic E-state index is 11.0. The highest BCUT2D eigenvalue weighted by Gasteiger charge is 2.17. The van der Waals surface area contributed by atoms with Crippen LogP contribution in [-0.4, -0.2) is 5.78 Å². The molecular formula is C10H12O. The topological polar surface area (TPSA) is 17.1 Å². The zero-order valence-corrected chi connectivity index (χ0v) is 6.60. The Hall–Kier alpha value is -0.850. The fraction of sp³-hybridized carbons (Fsp3) is 0.500. The zero-order chi connectivity index (χ0) is 7.68. The third-order valence-corrected chi connectivity index (χ3v) is 2.48. The molecule has 0 unspecified atom stereocenters. The minimum Gasteiger partial charge on any atom is -0.299 e. The smallest absolute Gasteiger partial charge is 0.137 e. The van der Waals surface area contributed by atoms with E-state index in [0.29, 0.717) is 12.2 Å². The van der Waals surface area contributed by atoms with Crippen LogP contribution in [0, 0.1) is 0 Å². The van der Waals surface area contributed by atoms with Crippen LogP contribution in [0.2, 0.25) is 0 Å². The Balaban J connectivity index is 2.26. The van der Waals surface area contributed by atoms with Crippen molar-refractivity contribution < 1.29 is 4.79 Å². The van der Waals surface area contributed by atoms with E-state index in [1.807, 2.05) is 0 Å². The molecule has 0 aliphatic heterocycles. The lowest BCUT2D eigenvalue weighted by molar-refractivity contribution is -0.118. The molecule has 58 valence electrons. The fourth-order valence-electron chi connectivity index (χ4n) is 1.82. The van der Waals surface area contributed by atoms with Gasteiger partial charge in [0.15, 0.2) is 0 Å². The van der Waals surface area contributed by atoms with Gasteiger partial charge >= 0.3 is 0 Å². The van der Waals surface area contributed by atoms with Gasteiger partial charge < -0.3 is 0 Å². The molecule has 0 aromatic heterocycles. The van der Waals surface area contributed by atoms with E-state index >= 15 is 0 Å². The monoisotopic (exact) mass is 148 g/mol. The summed E-state index contributed by atoms with van der Waals surface area (Å²) in [5, 5.41) is 0. The zero-order valence-electron chi connectivity index (χ0n) is 6.60. The molecule has 0 saturated heterocycles. The van der Waals surface area contributed by atoms with Gasteiger partial charge in [-0.05, 0) is 24.8 Å². The molecule has 0 aromatic carbocycles. The van der Waals surface area contributed by atoms with Gasteiger partial charge in [0.2, 0.25) is 0 Å². The highest BCUT2D eigenvalue weighted by atomic mass is 16.1. The van der Waals surface area contributed by atoms with E-state index in [1.165, 1.54) is 24.0 Å². The Bertz CT molecular complexity index is 246. The SMILES string of the molecule is O=C1CCC2=C(C=CCC2)C1. The number of carbonyl (C=O) groups excluding carboxylic acids is 1. The number of Topliss-reactive ketones (excluding diaryl/α,β-unsaturated/α-hetero) is 1. The van der Waals surface area contributed by atoms with Crippen LogP contribution >= 0.6 is 0 Å². The first kappa shape index (κ1) is 6.84. The summed E-state index contributed by atoms with van der Waals surface area (Å²) in [6, 6.07) is 0. The molecular weight excluding hydrogens is 136 g/mol. The summed E-state index contributed by atoms with van der Waals surface area (Å²) in [5.74, 6) is 0.412. The Labute approximate surface area is 66.8 Å². The van der Waals surface area contributed by atoms with Crippen LogP contribution in [0.4, 0.5) is 0 Å². The number of hydrogen-bond acceptors (Lipinski definition) is 1. The number of allylic oxidation sites excluding steroid dienone is 4.